The average Bonchev–Trinajstić information content (AvgIpc) is 2.46. The van der Waals surface area contributed by atoms with Gasteiger partial charge in [-0.05, 0) is 35.2 Å². The Kier molecular flexibility index (Phi) is 4.45. The molecule has 0 heterocycles. The summed E-state index contributed by atoms with van der Waals surface area (Å²) in [5.41, 5.74) is 2.14. The fraction of sp³-hybridized carbons (Fsp3) is 0.211. The number of carbonyl (C=O) groups excluding carboxylic acids is 1. The molecule has 21 heavy (non-hydrogen) atoms. The summed E-state index contributed by atoms with van der Waals surface area (Å²) in [5, 5.41) is 0. The summed E-state index contributed by atoms with van der Waals surface area (Å²) in [6, 6.07) is 16.8. The molecule has 0 aliphatic carbocycles. The van der Waals surface area contributed by atoms with Crippen molar-refractivity contribution >= 4 is 5.97 Å². The molecular weight excluding hydrogens is 260 g/mol. The van der Waals surface area contributed by atoms with E-state index < -0.39 is 5.97 Å². The topological polar surface area (TPSA) is 26.3 Å². The monoisotopic (exact) mass is 278 g/mol. The van der Waals surface area contributed by atoms with Crippen LogP contribution in [0, 0.1) is 11.8 Å². The smallest absolute Gasteiger partial charge is 0.390 e. The molecule has 2 nitrogen and oxygen atoms in total. The van der Waals surface area contributed by atoms with Crippen LogP contribution in [0.1, 0.15) is 31.9 Å². The van der Waals surface area contributed by atoms with Crippen molar-refractivity contribution in [3.05, 3.63) is 65.7 Å². The van der Waals surface area contributed by atoms with Gasteiger partial charge < -0.3 is 4.74 Å². The van der Waals surface area contributed by atoms with Crippen molar-refractivity contribution in [2.75, 3.05) is 0 Å². The Bertz CT molecular complexity index is 665. The van der Waals surface area contributed by atoms with Gasteiger partial charge in [-0.25, -0.2) is 4.79 Å². The highest BCUT2D eigenvalue weighted by molar-refractivity contribution is 5.90. The molecule has 2 heteroatoms. The highest BCUT2D eigenvalue weighted by atomic mass is 16.5. The zero-order valence-electron chi connectivity index (χ0n) is 12.5. The molecule has 0 aliphatic rings. The number of ether oxygens (including phenoxy) is 1. The van der Waals surface area contributed by atoms with E-state index in [2.05, 4.69) is 32.6 Å². The molecule has 0 saturated heterocycles. The number of rotatable bonds is 1. The minimum atomic E-state index is -0.555. The van der Waals surface area contributed by atoms with Crippen LogP contribution in [-0.2, 0) is 10.2 Å². The van der Waals surface area contributed by atoms with Crippen LogP contribution in [0.15, 0.2) is 54.6 Å². The van der Waals surface area contributed by atoms with Gasteiger partial charge >= 0.3 is 5.97 Å². The second-order valence-electron chi connectivity index (χ2n) is 5.78. The summed E-state index contributed by atoms with van der Waals surface area (Å²) in [6.07, 6.45) is 0. The van der Waals surface area contributed by atoms with E-state index in [-0.39, 0.29) is 5.41 Å². The van der Waals surface area contributed by atoms with Crippen molar-refractivity contribution in [1.82, 2.24) is 0 Å². The molecule has 0 aromatic heterocycles. The van der Waals surface area contributed by atoms with E-state index in [9.17, 15) is 4.79 Å². The maximum Gasteiger partial charge on any atom is 0.390 e. The summed E-state index contributed by atoms with van der Waals surface area (Å²) >= 11 is 0. The lowest BCUT2D eigenvalue weighted by Gasteiger charge is -2.18. The van der Waals surface area contributed by atoms with Crippen LogP contribution in [-0.4, -0.2) is 5.97 Å². The van der Waals surface area contributed by atoms with Gasteiger partial charge in [0, 0.05) is 11.5 Å². The molecule has 0 N–H and O–H groups in total. The van der Waals surface area contributed by atoms with Crippen LogP contribution in [0.2, 0.25) is 0 Å². The molecular formula is C19H18O2. The molecule has 106 valence electrons. The minimum Gasteiger partial charge on any atom is -0.417 e. The van der Waals surface area contributed by atoms with Crippen LogP contribution >= 0.6 is 0 Å². The Labute approximate surface area is 125 Å². The maximum atomic E-state index is 11.6. The van der Waals surface area contributed by atoms with Gasteiger partial charge in [0.15, 0.2) is 0 Å². The quantitative estimate of drug-likeness (QED) is 0.448. The van der Waals surface area contributed by atoms with E-state index in [4.69, 9.17) is 4.74 Å². The molecule has 0 bridgehead atoms. The van der Waals surface area contributed by atoms with Crippen LogP contribution in [0.25, 0.3) is 0 Å². The van der Waals surface area contributed by atoms with E-state index in [0.717, 1.165) is 5.56 Å². The summed E-state index contributed by atoms with van der Waals surface area (Å²) in [5.74, 6) is 5.26. The van der Waals surface area contributed by atoms with Crippen LogP contribution < -0.4 is 4.74 Å². The number of esters is 1. The Balaban J connectivity index is 2.04. The first-order valence-electron chi connectivity index (χ1n) is 6.84. The van der Waals surface area contributed by atoms with Crippen molar-refractivity contribution < 1.29 is 9.53 Å². The third-order valence-corrected chi connectivity index (χ3v) is 3.01. The molecule has 0 atom stereocenters. The molecule has 2 rings (SSSR count). The summed E-state index contributed by atoms with van der Waals surface area (Å²) < 4.78 is 5.10. The normalized spacial score (nSPS) is 10.4. The van der Waals surface area contributed by atoms with Gasteiger partial charge in [-0.1, -0.05) is 57.0 Å². The van der Waals surface area contributed by atoms with Crippen molar-refractivity contribution in [2.24, 2.45) is 0 Å². The van der Waals surface area contributed by atoms with Crippen LogP contribution in [0.4, 0.5) is 0 Å². The van der Waals surface area contributed by atoms with Crippen molar-refractivity contribution in [3.8, 4) is 17.6 Å². The van der Waals surface area contributed by atoms with Gasteiger partial charge in [0.25, 0.3) is 0 Å². The third kappa shape index (κ3) is 4.50. The molecule has 0 aliphatic heterocycles. The Morgan fingerprint density at radius 3 is 2.14 bits per heavy atom. The highest BCUT2D eigenvalue weighted by Gasteiger charge is 2.12. The number of benzene rings is 2. The van der Waals surface area contributed by atoms with Gasteiger partial charge in [0.2, 0.25) is 0 Å². The van der Waals surface area contributed by atoms with Gasteiger partial charge in [-0.2, -0.15) is 0 Å². The molecule has 0 amide bonds. The molecule has 2 aromatic rings. The summed E-state index contributed by atoms with van der Waals surface area (Å²) in [4.78, 5) is 11.6. The number of para-hydroxylation sites is 1. The minimum absolute atomic E-state index is 0.109. The molecule has 0 spiro atoms. The standard InChI is InChI=1S/C19H18O2/c1-19(2,3)16-12-9-15(10-13-16)11-14-18(20)21-17-7-5-4-6-8-17/h4-10,12-13H,1-3H3. The second kappa shape index (κ2) is 6.28. The van der Waals surface area contributed by atoms with E-state index in [1.807, 2.05) is 30.3 Å². The zero-order valence-corrected chi connectivity index (χ0v) is 12.5. The van der Waals surface area contributed by atoms with E-state index in [1.165, 1.54) is 5.56 Å². The average molecular weight is 278 g/mol. The van der Waals surface area contributed by atoms with Crippen LogP contribution in [0.5, 0.6) is 5.75 Å². The van der Waals surface area contributed by atoms with Crippen molar-refractivity contribution in [2.45, 2.75) is 26.2 Å². The lowest BCUT2D eigenvalue weighted by Crippen LogP contribution is -2.10. The first-order valence-corrected chi connectivity index (χ1v) is 6.84. The highest BCUT2D eigenvalue weighted by Crippen LogP contribution is 2.21. The first kappa shape index (κ1) is 14.9. The number of hydrogen-bond acceptors (Lipinski definition) is 2. The predicted octanol–water partition coefficient (Wildman–Crippen LogP) is 3.94. The number of hydrogen-bond donors (Lipinski definition) is 0. The van der Waals surface area contributed by atoms with Gasteiger partial charge in [-0.15, -0.1) is 0 Å². The molecule has 0 radical (unpaired) electrons. The molecule has 0 unspecified atom stereocenters. The zero-order chi connectivity index (χ0) is 15.3. The third-order valence-electron chi connectivity index (χ3n) is 3.01. The van der Waals surface area contributed by atoms with E-state index in [1.54, 1.807) is 24.3 Å². The fourth-order valence-corrected chi connectivity index (χ4v) is 1.80. The van der Waals surface area contributed by atoms with Gasteiger partial charge in [-0.3, -0.25) is 0 Å². The second-order valence-corrected chi connectivity index (χ2v) is 5.78. The first-order chi connectivity index (χ1) is 9.95. The summed E-state index contributed by atoms with van der Waals surface area (Å²) in [6.45, 7) is 6.47. The molecule has 0 saturated carbocycles. The van der Waals surface area contributed by atoms with Crippen molar-refractivity contribution in [1.29, 1.82) is 0 Å². The summed E-state index contributed by atoms with van der Waals surface area (Å²) in [7, 11) is 0. The van der Waals surface area contributed by atoms with Crippen LogP contribution in [0.3, 0.4) is 0 Å². The Morgan fingerprint density at radius 2 is 1.57 bits per heavy atom. The largest absolute Gasteiger partial charge is 0.417 e. The lowest BCUT2D eigenvalue weighted by atomic mass is 9.87. The lowest BCUT2D eigenvalue weighted by molar-refractivity contribution is -0.128. The van der Waals surface area contributed by atoms with Gasteiger partial charge in [0.1, 0.15) is 5.75 Å². The van der Waals surface area contributed by atoms with Gasteiger partial charge in [0.05, 0.1) is 0 Å². The molecule has 0 fully saturated rings. The maximum absolute atomic E-state index is 11.6. The Hall–Kier alpha value is -2.53. The fourth-order valence-electron chi connectivity index (χ4n) is 1.80. The van der Waals surface area contributed by atoms with E-state index in [0.29, 0.717) is 5.75 Å². The SMILES string of the molecule is CC(C)(C)c1ccc(C#CC(=O)Oc2ccccc2)cc1. The molecule has 2 aromatic carbocycles. The van der Waals surface area contributed by atoms with Crippen molar-refractivity contribution in [3.63, 3.8) is 0 Å². The van der Waals surface area contributed by atoms with E-state index >= 15 is 0 Å². The predicted molar refractivity (Wildman–Crippen MR) is 84.1 cm³/mol. The Morgan fingerprint density at radius 1 is 0.952 bits per heavy atom. The number of carbonyl (C=O) groups is 1.